The van der Waals surface area contributed by atoms with Crippen LogP contribution in [0.25, 0.3) is 0 Å². The summed E-state index contributed by atoms with van der Waals surface area (Å²) < 4.78 is 16.4. The molecular weight excluding hydrogens is 394 g/mol. The van der Waals surface area contributed by atoms with Gasteiger partial charge in [0.05, 0.1) is 23.9 Å². The molecule has 0 bridgehead atoms. The van der Waals surface area contributed by atoms with Crippen LogP contribution in [0.1, 0.15) is 52.0 Å². The molecule has 29 heavy (non-hydrogen) atoms. The van der Waals surface area contributed by atoms with Crippen molar-refractivity contribution >= 4 is 29.2 Å². The highest BCUT2D eigenvalue weighted by Gasteiger charge is 2.24. The average molecular weight is 417 g/mol. The Balaban J connectivity index is 1.71. The molecule has 1 N–H and O–H groups in total. The molecule has 0 radical (unpaired) electrons. The monoisotopic (exact) mass is 417 g/mol. The second-order valence-corrected chi connectivity index (χ2v) is 7.57. The second-order valence-electron chi connectivity index (χ2n) is 6.82. The van der Waals surface area contributed by atoms with Crippen molar-refractivity contribution in [3.05, 3.63) is 27.4 Å². The van der Waals surface area contributed by atoms with Crippen LogP contribution < -0.4 is 5.32 Å². The summed E-state index contributed by atoms with van der Waals surface area (Å²) in [6, 6.07) is 2.16. The van der Waals surface area contributed by atoms with Crippen molar-refractivity contribution in [2.75, 3.05) is 18.5 Å². The number of carbonyl (C=O) groups is 2. The minimum Gasteiger partial charge on any atom is -0.451 e. The molecule has 1 amide bonds. The Labute approximate surface area is 172 Å². The molecule has 0 unspecified atom stereocenters. The van der Waals surface area contributed by atoms with E-state index in [0.717, 1.165) is 42.2 Å². The Hall–Kier alpha value is -2.77. The van der Waals surface area contributed by atoms with Gasteiger partial charge in [-0.1, -0.05) is 11.4 Å². The Kier molecular flexibility index (Phi) is 6.61. The minimum absolute atomic E-state index is 0.0480. The van der Waals surface area contributed by atoms with Gasteiger partial charge < -0.3 is 19.4 Å². The lowest BCUT2D eigenvalue weighted by atomic mass is 10.2. The van der Waals surface area contributed by atoms with Crippen LogP contribution in [-0.4, -0.2) is 45.3 Å². The van der Waals surface area contributed by atoms with E-state index < -0.39 is 18.5 Å². The molecule has 3 heterocycles. The van der Waals surface area contributed by atoms with E-state index in [0.29, 0.717) is 34.9 Å². The van der Waals surface area contributed by atoms with E-state index in [-0.39, 0.29) is 6.10 Å². The van der Waals surface area contributed by atoms with Gasteiger partial charge in [-0.2, -0.15) is 5.26 Å². The summed E-state index contributed by atoms with van der Waals surface area (Å²) in [6.45, 7) is 6.42. The van der Waals surface area contributed by atoms with Gasteiger partial charge in [-0.15, -0.1) is 5.10 Å². The maximum Gasteiger partial charge on any atom is 0.352 e. The summed E-state index contributed by atoms with van der Waals surface area (Å²) in [5.74, 6) is -0.737. The molecule has 1 fully saturated rings. The second kappa shape index (κ2) is 9.15. The fourth-order valence-electron chi connectivity index (χ4n) is 3.31. The number of rotatable bonds is 7. The van der Waals surface area contributed by atoms with Crippen molar-refractivity contribution in [1.29, 1.82) is 5.26 Å². The van der Waals surface area contributed by atoms with Gasteiger partial charge in [0.1, 0.15) is 11.9 Å². The lowest BCUT2D eigenvalue weighted by molar-refractivity contribution is -0.119. The van der Waals surface area contributed by atoms with E-state index in [9.17, 15) is 14.9 Å². The zero-order chi connectivity index (χ0) is 21.0. The molecule has 1 aliphatic heterocycles. The molecule has 0 aromatic carbocycles. The van der Waals surface area contributed by atoms with E-state index >= 15 is 0 Å². The van der Waals surface area contributed by atoms with E-state index in [1.165, 1.54) is 0 Å². The number of amides is 1. The van der Waals surface area contributed by atoms with Crippen LogP contribution in [0.5, 0.6) is 0 Å². The molecule has 0 aliphatic carbocycles. The van der Waals surface area contributed by atoms with Crippen molar-refractivity contribution in [3.8, 4) is 6.07 Å². The molecule has 9 nitrogen and oxygen atoms in total. The van der Waals surface area contributed by atoms with Gasteiger partial charge in [0.15, 0.2) is 11.5 Å². The van der Waals surface area contributed by atoms with E-state index in [2.05, 4.69) is 21.0 Å². The van der Waals surface area contributed by atoms with Gasteiger partial charge >= 0.3 is 5.97 Å². The van der Waals surface area contributed by atoms with Gasteiger partial charge in [-0.05, 0) is 50.2 Å². The van der Waals surface area contributed by atoms with Crippen molar-refractivity contribution in [3.63, 3.8) is 0 Å². The Morgan fingerprint density at radius 2 is 2.24 bits per heavy atom. The first-order chi connectivity index (χ1) is 14.0. The fourth-order valence-corrected chi connectivity index (χ4v) is 3.96. The first-order valence-corrected chi connectivity index (χ1v) is 10.2. The number of aromatic nitrogens is 3. The summed E-state index contributed by atoms with van der Waals surface area (Å²) in [4.78, 5) is 24.9. The maximum absolute atomic E-state index is 12.4. The van der Waals surface area contributed by atoms with Crippen LogP contribution in [0.2, 0.25) is 0 Å². The number of ether oxygens (including phenoxy) is 2. The maximum atomic E-state index is 12.4. The molecular formula is C19H23N5O4S. The zero-order valence-electron chi connectivity index (χ0n) is 16.7. The van der Waals surface area contributed by atoms with Crippen LogP contribution >= 0.6 is 11.5 Å². The number of esters is 1. The zero-order valence-corrected chi connectivity index (χ0v) is 17.5. The SMILES string of the molecule is CCc1nnsc1C(=O)OCC(=O)Nc1c(C#N)c(C)c(C)n1C[C@@H]1CCCO1. The summed E-state index contributed by atoms with van der Waals surface area (Å²) in [5.41, 5.74) is 2.65. The van der Waals surface area contributed by atoms with Crippen LogP contribution in [0.15, 0.2) is 0 Å². The number of nitriles is 1. The topological polar surface area (TPSA) is 119 Å². The summed E-state index contributed by atoms with van der Waals surface area (Å²) in [7, 11) is 0. The molecule has 10 heteroatoms. The molecule has 1 atom stereocenters. The number of nitrogens with one attached hydrogen (secondary N) is 1. The van der Waals surface area contributed by atoms with Gasteiger partial charge in [0, 0.05) is 12.3 Å². The van der Waals surface area contributed by atoms with Gasteiger partial charge in [0.25, 0.3) is 5.91 Å². The highest BCUT2D eigenvalue weighted by atomic mass is 32.1. The summed E-state index contributed by atoms with van der Waals surface area (Å²) in [5, 5.41) is 16.2. The molecule has 0 saturated carbocycles. The number of nitrogens with zero attached hydrogens (tertiary/aromatic N) is 4. The third kappa shape index (κ3) is 4.46. The Morgan fingerprint density at radius 1 is 1.45 bits per heavy atom. The Bertz CT molecular complexity index is 953. The molecule has 154 valence electrons. The van der Waals surface area contributed by atoms with Crippen LogP contribution in [0.3, 0.4) is 0 Å². The van der Waals surface area contributed by atoms with Crippen molar-refractivity contribution < 1.29 is 19.1 Å². The number of hydrogen-bond acceptors (Lipinski definition) is 8. The summed E-state index contributed by atoms with van der Waals surface area (Å²) in [6.07, 6.45) is 2.53. The highest BCUT2D eigenvalue weighted by Crippen LogP contribution is 2.28. The van der Waals surface area contributed by atoms with Gasteiger partial charge in [-0.3, -0.25) is 4.79 Å². The normalized spacial score (nSPS) is 15.9. The van der Waals surface area contributed by atoms with Crippen LogP contribution in [0.4, 0.5) is 5.82 Å². The lowest BCUT2D eigenvalue weighted by Gasteiger charge is -2.16. The van der Waals surface area contributed by atoms with Crippen molar-refractivity contribution in [2.24, 2.45) is 0 Å². The molecule has 2 aromatic rings. The van der Waals surface area contributed by atoms with Crippen molar-refractivity contribution in [1.82, 2.24) is 14.2 Å². The van der Waals surface area contributed by atoms with Gasteiger partial charge in [0.2, 0.25) is 0 Å². The molecule has 1 aliphatic rings. The smallest absolute Gasteiger partial charge is 0.352 e. The molecule has 1 saturated heterocycles. The predicted octanol–water partition coefficient (Wildman–Crippen LogP) is 2.37. The third-order valence-corrected chi connectivity index (χ3v) is 5.77. The predicted molar refractivity (Wildman–Crippen MR) is 106 cm³/mol. The highest BCUT2D eigenvalue weighted by molar-refractivity contribution is 7.07. The largest absolute Gasteiger partial charge is 0.451 e. The van der Waals surface area contributed by atoms with Crippen LogP contribution in [0, 0.1) is 25.2 Å². The van der Waals surface area contributed by atoms with Crippen LogP contribution in [-0.2, 0) is 27.2 Å². The summed E-state index contributed by atoms with van der Waals surface area (Å²) >= 11 is 0.941. The quantitative estimate of drug-likeness (QED) is 0.687. The number of aryl methyl sites for hydroxylation is 1. The molecule has 2 aromatic heterocycles. The molecule has 3 rings (SSSR count). The average Bonchev–Trinajstić information content (AvgIpc) is 3.44. The van der Waals surface area contributed by atoms with E-state index in [1.54, 1.807) is 0 Å². The third-order valence-electron chi connectivity index (χ3n) is 5.02. The minimum atomic E-state index is -0.630. The first-order valence-electron chi connectivity index (χ1n) is 9.45. The van der Waals surface area contributed by atoms with Gasteiger partial charge in [-0.25, -0.2) is 4.79 Å². The van der Waals surface area contributed by atoms with Crippen molar-refractivity contribution in [2.45, 2.75) is 52.7 Å². The number of anilines is 1. The number of carbonyl (C=O) groups excluding carboxylic acids is 2. The lowest BCUT2D eigenvalue weighted by Crippen LogP contribution is -2.25. The Morgan fingerprint density at radius 3 is 2.90 bits per heavy atom. The number of hydrogen-bond donors (Lipinski definition) is 1. The van der Waals surface area contributed by atoms with E-state index in [1.807, 2.05) is 25.3 Å². The fraction of sp³-hybridized carbons (Fsp3) is 0.526. The van der Waals surface area contributed by atoms with E-state index in [4.69, 9.17) is 9.47 Å². The molecule has 0 spiro atoms. The standard InChI is InChI=1S/C19H23N5O4S/c1-4-15-17(29-23-22-15)19(26)28-10-16(25)21-18-14(8-20)11(2)12(3)24(18)9-13-6-5-7-27-13/h13H,4-7,9-10H2,1-3H3,(H,21,25)/t13-/m0/s1. The first kappa shape index (κ1) is 21.0.